The van der Waals surface area contributed by atoms with Gasteiger partial charge < -0.3 is 9.15 Å². The zero-order valence-electron chi connectivity index (χ0n) is 15.9. The fraction of sp³-hybridized carbons (Fsp3) is 0.0435. The van der Waals surface area contributed by atoms with Crippen LogP contribution in [0.5, 0.6) is 5.75 Å². The Kier molecular flexibility index (Phi) is 6.75. The van der Waals surface area contributed by atoms with Crippen LogP contribution in [0.25, 0.3) is 11.0 Å². The Morgan fingerprint density at radius 3 is 2.55 bits per heavy atom. The predicted molar refractivity (Wildman–Crippen MR) is 129 cm³/mol. The van der Waals surface area contributed by atoms with Gasteiger partial charge in [0.2, 0.25) is 0 Å². The molecule has 0 aliphatic heterocycles. The first-order valence-corrected chi connectivity index (χ1v) is 11.1. The number of fused-ring (bicyclic) bond motifs is 1. The van der Waals surface area contributed by atoms with Crippen LogP contribution in [0.4, 0.5) is 0 Å². The van der Waals surface area contributed by atoms with Gasteiger partial charge in [0, 0.05) is 14.9 Å². The highest BCUT2D eigenvalue weighted by atomic mass is 79.9. The molecule has 1 aromatic heterocycles. The Bertz CT molecular complexity index is 1250. The summed E-state index contributed by atoms with van der Waals surface area (Å²) >= 11 is 12.7. The number of carbonyl (C=O) groups excluding carboxylic acids is 1. The van der Waals surface area contributed by atoms with E-state index in [1.165, 1.54) is 0 Å². The first-order valence-electron chi connectivity index (χ1n) is 9.17. The van der Waals surface area contributed by atoms with Gasteiger partial charge in [0.05, 0.1) is 10.7 Å². The van der Waals surface area contributed by atoms with Gasteiger partial charge in [-0.1, -0.05) is 39.7 Å². The molecule has 0 saturated heterocycles. The molecular weight excluding hydrogens is 548 g/mol. The molecule has 1 heterocycles. The summed E-state index contributed by atoms with van der Waals surface area (Å²) < 4.78 is 13.0. The lowest BCUT2D eigenvalue weighted by atomic mass is 10.2. The molecule has 1 N–H and O–H groups in total. The van der Waals surface area contributed by atoms with Crippen LogP contribution >= 0.6 is 43.5 Å². The molecule has 0 bridgehead atoms. The number of hydrogen-bond acceptors (Lipinski definition) is 4. The van der Waals surface area contributed by atoms with Crippen molar-refractivity contribution < 1.29 is 13.9 Å². The van der Waals surface area contributed by atoms with Crippen molar-refractivity contribution in [3.63, 3.8) is 0 Å². The Balaban J connectivity index is 1.34. The van der Waals surface area contributed by atoms with Crippen molar-refractivity contribution in [1.82, 2.24) is 5.43 Å². The molecule has 0 saturated carbocycles. The third kappa shape index (κ3) is 5.55. The van der Waals surface area contributed by atoms with Crippen molar-refractivity contribution in [1.29, 1.82) is 0 Å². The summed E-state index contributed by atoms with van der Waals surface area (Å²) in [6.07, 6.45) is 1.55. The van der Waals surface area contributed by atoms with Gasteiger partial charge in [-0.15, -0.1) is 0 Å². The smallest absolute Gasteiger partial charge is 0.307 e. The van der Waals surface area contributed by atoms with Crippen molar-refractivity contribution in [2.75, 3.05) is 0 Å². The normalized spacial score (nSPS) is 11.2. The fourth-order valence-corrected chi connectivity index (χ4v) is 4.27. The molecule has 31 heavy (non-hydrogen) atoms. The highest BCUT2D eigenvalue weighted by Gasteiger charge is 2.14. The lowest BCUT2D eigenvalue weighted by Gasteiger charge is -2.06. The molecule has 4 rings (SSSR count). The van der Waals surface area contributed by atoms with Gasteiger partial charge in [0.1, 0.15) is 17.9 Å². The lowest BCUT2D eigenvalue weighted by Crippen LogP contribution is -2.16. The SMILES string of the molecule is O=C(N/N=C\c1ccc(OCc2ccc(Cl)cc2)cc1)c1cc2cc(Br)cc(Br)c2o1. The van der Waals surface area contributed by atoms with E-state index in [4.69, 9.17) is 20.8 Å². The Morgan fingerprint density at radius 2 is 1.81 bits per heavy atom. The predicted octanol–water partition coefficient (Wildman–Crippen LogP) is 6.95. The summed E-state index contributed by atoms with van der Waals surface area (Å²) in [5.74, 6) is 0.477. The first kappa shape index (κ1) is 21.6. The summed E-state index contributed by atoms with van der Waals surface area (Å²) in [5, 5.41) is 5.51. The Morgan fingerprint density at radius 1 is 1.06 bits per heavy atom. The van der Waals surface area contributed by atoms with Crippen molar-refractivity contribution in [3.8, 4) is 5.75 Å². The van der Waals surface area contributed by atoms with Gasteiger partial charge in [-0.2, -0.15) is 5.10 Å². The van der Waals surface area contributed by atoms with E-state index in [0.29, 0.717) is 17.2 Å². The van der Waals surface area contributed by atoms with Crippen LogP contribution < -0.4 is 10.2 Å². The van der Waals surface area contributed by atoms with Gasteiger partial charge in [0.15, 0.2) is 5.76 Å². The Hall–Kier alpha value is -2.61. The minimum absolute atomic E-state index is 0.178. The van der Waals surface area contributed by atoms with Crippen LogP contribution in [0, 0.1) is 0 Å². The summed E-state index contributed by atoms with van der Waals surface area (Å²) in [6.45, 7) is 0.449. The fourth-order valence-electron chi connectivity index (χ4n) is 2.81. The lowest BCUT2D eigenvalue weighted by molar-refractivity contribution is 0.0929. The summed E-state index contributed by atoms with van der Waals surface area (Å²) in [4.78, 5) is 12.3. The number of hydrazone groups is 1. The third-order valence-electron chi connectivity index (χ3n) is 4.34. The summed E-state index contributed by atoms with van der Waals surface area (Å²) in [5.41, 5.74) is 4.92. The molecule has 5 nitrogen and oxygen atoms in total. The topological polar surface area (TPSA) is 63.8 Å². The third-order valence-corrected chi connectivity index (χ3v) is 5.64. The number of ether oxygens (including phenoxy) is 1. The van der Waals surface area contributed by atoms with Crippen molar-refractivity contribution in [3.05, 3.63) is 97.6 Å². The van der Waals surface area contributed by atoms with Crippen LogP contribution in [0.3, 0.4) is 0 Å². The van der Waals surface area contributed by atoms with Crippen LogP contribution in [0.15, 0.2) is 85.2 Å². The van der Waals surface area contributed by atoms with E-state index in [2.05, 4.69) is 42.4 Å². The number of furan rings is 1. The van der Waals surface area contributed by atoms with E-state index in [9.17, 15) is 4.79 Å². The standard InChI is InChI=1S/C23H15Br2ClN2O3/c24-17-9-16-10-21(31-22(16)20(25)11-17)23(29)28-27-12-14-3-7-19(8-4-14)30-13-15-1-5-18(26)6-2-15/h1-12H,13H2,(H,28,29)/b27-12-. The maximum atomic E-state index is 12.3. The van der Waals surface area contributed by atoms with E-state index < -0.39 is 5.91 Å². The van der Waals surface area contributed by atoms with Crippen molar-refractivity contribution >= 4 is 66.6 Å². The zero-order valence-corrected chi connectivity index (χ0v) is 19.9. The van der Waals surface area contributed by atoms with E-state index in [1.54, 1.807) is 12.3 Å². The molecule has 8 heteroatoms. The summed E-state index contributed by atoms with van der Waals surface area (Å²) in [6, 6.07) is 20.3. The minimum atomic E-state index is -0.432. The van der Waals surface area contributed by atoms with E-state index in [0.717, 1.165) is 31.2 Å². The number of halogens is 3. The van der Waals surface area contributed by atoms with E-state index >= 15 is 0 Å². The van der Waals surface area contributed by atoms with Crippen LogP contribution in [-0.2, 0) is 6.61 Å². The van der Waals surface area contributed by atoms with E-state index in [1.807, 2.05) is 60.7 Å². The maximum Gasteiger partial charge on any atom is 0.307 e. The van der Waals surface area contributed by atoms with Gasteiger partial charge in [-0.3, -0.25) is 4.79 Å². The molecule has 1 amide bonds. The molecule has 3 aromatic carbocycles. The largest absolute Gasteiger partial charge is 0.489 e. The number of carbonyl (C=O) groups is 1. The van der Waals surface area contributed by atoms with E-state index in [-0.39, 0.29) is 5.76 Å². The molecule has 0 radical (unpaired) electrons. The summed E-state index contributed by atoms with van der Waals surface area (Å²) in [7, 11) is 0. The second kappa shape index (κ2) is 9.68. The monoisotopic (exact) mass is 560 g/mol. The number of nitrogens with zero attached hydrogens (tertiary/aromatic N) is 1. The van der Waals surface area contributed by atoms with Gasteiger partial charge in [-0.05, 0) is 81.7 Å². The molecule has 0 spiro atoms. The second-order valence-corrected chi connectivity index (χ2v) is 8.81. The van der Waals surface area contributed by atoms with Crippen molar-refractivity contribution in [2.45, 2.75) is 6.61 Å². The van der Waals surface area contributed by atoms with Gasteiger partial charge >= 0.3 is 5.91 Å². The molecule has 0 fully saturated rings. The molecule has 0 aliphatic rings. The van der Waals surface area contributed by atoms with Crippen molar-refractivity contribution in [2.24, 2.45) is 5.10 Å². The Labute approximate surface area is 200 Å². The van der Waals surface area contributed by atoms with Gasteiger partial charge in [-0.25, -0.2) is 5.43 Å². The number of benzene rings is 3. The number of rotatable bonds is 6. The number of amides is 1. The van der Waals surface area contributed by atoms with Crippen LogP contribution in [0.2, 0.25) is 5.02 Å². The molecular formula is C23H15Br2ClN2O3. The molecule has 0 atom stereocenters. The van der Waals surface area contributed by atoms with Gasteiger partial charge in [0.25, 0.3) is 0 Å². The zero-order chi connectivity index (χ0) is 21.8. The maximum absolute atomic E-state index is 12.3. The van der Waals surface area contributed by atoms with Crippen LogP contribution in [0.1, 0.15) is 21.7 Å². The number of hydrogen-bond donors (Lipinski definition) is 1. The van der Waals surface area contributed by atoms with Crippen LogP contribution in [-0.4, -0.2) is 12.1 Å². The second-order valence-electron chi connectivity index (χ2n) is 6.60. The molecule has 0 aliphatic carbocycles. The molecule has 4 aromatic rings. The highest BCUT2D eigenvalue weighted by Crippen LogP contribution is 2.31. The average Bonchev–Trinajstić information content (AvgIpc) is 3.19. The number of nitrogens with one attached hydrogen (secondary N) is 1. The first-order chi connectivity index (χ1) is 15.0. The highest BCUT2D eigenvalue weighted by molar-refractivity contribution is 9.11. The average molecular weight is 563 g/mol. The quantitative estimate of drug-likeness (QED) is 0.204. The molecule has 156 valence electrons. The minimum Gasteiger partial charge on any atom is -0.489 e. The molecule has 0 unspecified atom stereocenters.